The van der Waals surface area contributed by atoms with Crippen molar-refractivity contribution in [1.29, 1.82) is 0 Å². The minimum atomic E-state index is -0.226. The van der Waals surface area contributed by atoms with Gasteiger partial charge in [0.15, 0.2) is 0 Å². The van der Waals surface area contributed by atoms with Crippen LogP contribution in [0.5, 0.6) is 0 Å². The van der Waals surface area contributed by atoms with E-state index in [0.29, 0.717) is 0 Å². The fourth-order valence-electron chi connectivity index (χ4n) is 2.57. The number of H-pyrrole nitrogens is 1. The summed E-state index contributed by atoms with van der Waals surface area (Å²) >= 11 is 0. The molecule has 0 bridgehead atoms. The number of halogens is 1. The Morgan fingerprint density at radius 2 is 1.64 bits per heavy atom. The van der Waals surface area contributed by atoms with E-state index in [1.807, 2.05) is 12.3 Å². The lowest BCUT2D eigenvalue weighted by atomic mass is 9.96. The van der Waals surface area contributed by atoms with Gasteiger partial charge in [0.1, 0.15) is 5.82 Å². The predicted octanol–water partition coefficient (Wildman–Crippen LogP) is 5.81. The number of aromatic nitrogens is 1. The number of aromatic amines is 1. The van der Waals surface area contributed by atoms with Crippen LogP contribution in [0.1, 0.15) is 24.0 Å². The topological polar surface area (TPSA) is 15.8 Å². The van der Waals surface area contributed by atoms with Crippen LogP contribution in [0, 0.1) is 5.82 Å². The lowest BCUT2D eigenvalue weighted by Crippen LogP contribution is -1.88. The number of rotatable bonds is 5. The Morgan fingerprint density at radius 1 is 0.909 bits per heavy atom. The zero-order chi connectivity index (χ0) is 15.5. The Morgan fingerprint density at radius 3 is 2.36 bits per heavy atom. The second-order valence-electron chi connectivity index (χ2n) is 5.50. The van der Waals surface area contributed by atoms with Crippen molar-refractivity contribution in [2.45, 2.75) is 12.8 Å². The van der Waals surface area contributed by atoms with Crippen molar-refractivity contribution in [3.8, 4) is 0 Å². The van der Waals surface area contributed by atoms with Gasteiger partial charge >= 0.3 is 0 Å². The molecule has 1 aromatic heterocycles. The maximum atomic E-state index is 13.2. The van der Waals surface area contributed by atoms with Gasteiger partial charge in [-0.05, 0) is 70.8 Å². The summed E-state index contributed by atoms with van der Waals surface area (Å²) in [5.41, 5.74) is 5.12. The van der Waals surface area contributed by atoms with Crippen LogP contribution in [-0.4, -0.2) is 4.98 Å². The van der Waals surface area contributed by atoms with Crippen LogP contribution in [0.4, 0.5) is 4.39 Å². The molecule has 2 aromatic carbocycles. The van der Waals surface area contributed by atoms with Crippen LogP contribution < -0.4 is 0 Å². The predicted molar refractivity (Wildman–Crippen MR) is 92.0 cm³/mol. The fourth-order valence-corrected chi connectivity index (χ4v) is 2.57. The van der Waals surface area contributed by atoms with E-state index in [0.717, 1.165) is 40.6 Å². The average Bonchev–Trinajstić information content (AvgIpc) is 2.99. The highest BCUT2D eigenvalue weighted by atomic mass is 19.1. The van der Waals surface area contributed by atoms with Crippen molar-refractivity contribution < 1.29 is 4.39 Å². The Bertz CT molecular complexity index is 842. The Hall–Kier alpha value is -2.61. The van der Waals surface area contributed by atoms with E-state index in [9.17, 15) is 4.39 Å². The van der Waals surface area contributed by atoms with Crippen LogP contribution >= 0.6 is 0 Å². The standard InChI is InChI=1S/C20H18FN/c1-14(16-4-3-5-19(21)13-16)6-7-15(2)17-8-9-20-18(12-17)10-11-22-20/h3-5,8-13,22H,1-2,6-7H2. The molecular weight excluding hydrogens is 273 g/mol. The molecule has 0 amide bonds. The maximum Gasteiger partial charge on any atom is 0.123 e. The van der Waals surface area contributed by atoms with E-state index in [1.165, 1.54) is 17.5 Å². The second kappa shape index (κ2) is 6.02. The molecule has 0 unspecified atom stereocenters. The number of allylic oxidation sites excluding steroid dienone is 2. The summed E-state index contributed by atoms with van der Waals surface area (Å²) in [6.07, 6.45) is 3.52. The van der Waals surface area contributed by atoms with E-state index in [-0.39, 0.29) is 5.82 Å². The van der Waals surface area contributed by atoms with Gasteiger partial charge < -0.3 is 4.98 Å². The fraction of sp³-hybridized carbons (Fsp3) is 0.100. The molecule has 0 aliphatic carbocycles. The first-order chi connectivity index (χ1) is 10.6. The summed E-state index contributed by atoms with van der Waals surface area (Å²) < 4.78 is 13.2. The number of benzene rings is 2. The zero-order valence-electron chi connectivity index (χ0n) is 12.4. The summed E-state index contributed by atoms with van der Waals surface area (Å²) in [5.74, 6) is -0.226. The van der Waals surface area contributed by atoms with E-state index in [2.05, 4.69) is 42.4 Å². The summed E-state index contributed by atoms with van der Waals surface area (Å²) in [5, 5.41) is 1.18. The van der Waals surface area contributed by atoms with Crippen LogP contribution in [0.2, 0.25) is 0 Å². The van der Waals surface area contributed by atoms with E-state index in [1.54, 1.807) is 6.07 Å². The first-order valence-electron chi connectivity index (χ1n) is 7.32. The quantitative estimate of drug-likeness (QED) is 0.610. The third-order valence-corrected chi connectivity index (χ3v) is 3.92. The molecule has 110 valence electrons. The van der Waals surface area contributed by atoms with E-state index >= 15 is 0 Å². The minimum absolute atomic E-state index is 0.226. The van der Waals surface area contributed by atoms with Crippen LogP contribution in [0.15, 0.2) is 67.9 Å². The van der Waals surface area contributed by atoms with Gasteiger partial charge in [0.25, 0.3) is 0 Å². The van der Waals surface area contributed by atoms with Gasteiger partial charge in [-0.2, -0.15) is 0 Å². The number of fused-ring (bicyclic) bond motifs is 1. The zero-order valence-corrected chi connectivity index (χ0v) is 12.4. The highest BCUT2D eigenvalue weighted by Crippen LogP contribution is 2.26. The molecular formula is C20H18FN. The first-order valence-corrected chi connectivity index (χ1v) is 7.32. The van der Waals surface area contributed by atoms with E-state index < -0.39 is 0 Å². The van der Waals surface area contributed by atoms with Gasteiger partial charge in [-0.25, -0.2) is 4.39 Å². The monoisotopic (exact) mass is 291 g/mol. The Balaban J connectivity index is 1.67. The SMILES string of the molecule is C=C(CCC(=C)c1ccc2[nH]ccc2c1)c1cccc(F)c1. The molecule has 0 atom stereocenters. The molecule has 3 rings (SSSR count). The molecule has 1 nitrogen and oxygen atoms in total. The van der Waals surface area contributed by atoms with Gasteiger partial charge in [-0.3, -0.25) is 0 Å². The van der Waals surface area contributed by atoms with Gasteiger partial charge in [0.2, 0.25) is 0 Å². The molecule has 2 heteroatoms. The molecule has 0 saturated heterocycles. The average molecular weight is 291 g/mol. The summed E-state index contributed by atoms with van der Waals surface area (Å²) in [4.78, 5) is 3.18. The van der Waals surface area contributed by atoms with Gasteiger partial charge in [-0.1, -0.05) is 31.4 Å². The third-order valence-electron chi connectivity index (χ3n) is 3.92. The van der Waals surface area contributed by atoms with Gasteiger partial charge in [0, 0.05) is 11.7 Å². The lowest BCUT2D eigenvalue weighted by Gasteiger charge is -2.09. The van der Waals surface area contributed by atoms with Crippen LogP contribution in [-0.2, 0) is 0 Å². The van der Waals surface area contributed by atoms with Crippen molar-refractivity contribution >= 4 is 22.0 Å². The van der Waals surface area contributed by atoms with Crippen molar-refractivity contribution in [3.63, 3.8) is 0 Å². The molecule has 22 heavy (non-hydrogen) atoms. The highest BCUT2D eigenvalue weighted by Gasteiger charge is 2.05. The van der Waals surface area contributed by atoms with E-state index in [4.69, 9.17) is 0 Å². The maximum absolute atomic E-state index is 13.2. The van der Waals surface area contributed by atoms with Gasteiger partial charge in [-0.15, -0.1) is 0 Å². The summed E-state index contributed by atoms with van der Waals surface area (Å²) in [6, 6.07) is 14.9. The molecule has 0 aliphatic heterocycles. The van der Waals surface area contributed by atoms with Gasteiger partial charge in [0.05, 0.1) is 0 Å². The van der Waals surface area contributed by atoms with Crippen molar-refractivity contribution in [3.05, 3.63) is 84.8 Å². The molecule has 0 spiro atoms. The molecule has 0 aliphatic rings. The number of nitrogens with one attached hydrogen (secondary N) is 1. The molecule has 1 N–H and O–H groups in total. The first kappa shape index (κ1) is 14.3. The molecule has 0 fully saturated rings. The summed E-state index contributed by atoms with van der Waals surface area (Å²) in [7, 11) is 0. The van der Waals surface area contributed by atoms with Crippen molar-refractivity contribution in [2.75, 3.05) is 0 Å². The lowest BCUT2D eigenvalue weighted by molar-refractivity contribution is 0.627. The molecule has 0 radical (unpaired) electrons. The molecule has 1 heterocycles. The number of hydrogen-bond donors (Lipinski definition) is 1. The second-order valence-corrected chi connectivity index (χ2v) is 5.50. The number of hydrogen-bond acceptors (Lipinski definition) is 0. The minimum Gasteiger partial charge on any atom is -0.361 e. The Kier molecular flexibility index (Phi) is 3.92. The smallest absolute Gasteiger partial charge is 0.123 e. The normalized spacial score (nSPS) is 10.8. The van der Waals surface area contributed by atoms with Crippen LogP contribution in [0.25, 0.3) is 22.0 Å². The molecule has 3 aromatic rings. The van der Waals surface area contributed by atoms with Crippen molar-refractivity contribution in [2.24, 2.45) is 0 Å². The summed E-state index contributed by atoms with van der Waals surface area (Å²) in [6.45, 7) is 8.23. The van der Waals surface area contributed by atoms with Crippen LogP contribution in [0.3, 0.4) is 0 Å². The van der Waals surface area contributed by atoms with Crippen molar-refractivity contribution in [1.82, 2.24) is 4.98 Å². The highest BCUT2D eigenvalue weighted by molar-refractivity contribution is 5.83. The molecule has 0 saturated carbocycles. The Labute approximate surface area is 129 Å². The third kappa shape index (κ3) is 3.01. The largest absolute Gasteiger partial charge is 0.361 e.